The van der Waals surface area contributed by atoms with Crippen molar-refractivity contribution in [3.63, 3.8) is 0 Å². The van der Waals surface area contributed by atoms with Gasteiger partial charge < -0.3 is 23.7 Å². The maximum Gasteiger partial charge on any atom is 0.323 e. The molecule has 0 spiro atoms. The number of rotatable bonds is 10. The van der Waals surface area contributed by atoms with Crippen molar-refractivity contribution in [3.8, 4) is 0 Å². The zero-order valence-corrected chi connectivity index (χ0v) is 22.0. The third-order valence-corrected chi connectivity index (χ3v) is 6.17. The summed E-state index contributed by atoms with van der Waals surface area (Å²) in [5, 5.41) is 0. The number of carbonyl (C=O) groups excluding carboxylic acids is 4. The molecule has 0 saturated heterocycles. The summed E-state index contributed by atoms with van der Waals surface area (Å²) in [4.78, 5) is 57.1. The maximum atomic E-state index is 12.6. The summed E-state index contributed by atoms with van der Waals surface area (Å²) in [5.41, 5.74) is 1.41. The molecule has 2 rings (SSSR count). The molecular formula is C25H37N3O9. The van der Waals surface area contributed by atoms with Gasteiger partial charge in [0.2, 0.25) is 0 Å². The van der Waals surface area contributed by atoms with Gasteiger partial charge in [-0.3, -0.25) is 34.0 Å². The molecule has 0 aliphatic carbocycles. The summed E-state index contributed by atoms with van der Waals surface area (Å²) >= 11 is 0. The molecule has 206 valence electrons. The lowest BCUT2D eigenvalue weighted by Crippen LogP contribution is -2.45. The van der Waals surface area contributed by atoms with Gasteiger partial charge in [-0.25, -0.2) is 0 Å². The van der Waals surface area contributed by atoms with E-state index in [0.29, 0.717) is 50.8 Å². The quantitative estimate of drug-likeness (QED) is 0.316. The van der Waals surface area contributed by atoms with Crippen molar-refractivity contribution in [2.24, 2.45) is 0 Å². The second-order valence-electron chi connectivity index (χ2n) is 8.48. The van der Waals surface area contributed by atoms with E-state index in [1.54, 1.807) is 0 Å². The summed E-state index contributed by atoms with van der Waals surface area (Å²) in [6.07, 6.45) is 0.592. The van der Waals surface area contributed by atoms with E-state index >= 15 is 0 Å². The van der Waals surface area contributed by atoms with Gasteiger partial charge in [0.05, 0.1) is 53.0 Å². The van der Waals surface area contributed by atoms with Crippen LogP contribution in [0.3, 0.4) is 0 Å². The van der Waals surface area contributed by atoms with Crippen LogP contribution in [0.15, 0.2) is 18.2 Å². The van der Waals surface area contributed by atoms with Gasteiger partial charge in [0.1, 0.15) is 12.1 Å². The smallest absolute Gasteiger partial charge is 0.323 e. The van der Waals surface area contributed by atoms with Crippen LogP contribution in [0, 0.1) is 0 Å². The fourth-order valence-electron chi connectivity index (χ4n) is 4.16. The van der Waals surface area contributed by atoms with Gasteiger partial charge in [-0.1, -0.05) is 6.07 Å². The van der Waals surface area contributed by atoms with E-state index in [9.17, 15) is 19.2 Å². The number of esters is 4. The molecule has 0 amide bonds. The predicted octanol–water partition coefficient (Wildman–Crippen LogP) is 0.705. The first-order valence-corrected chi connectivity index (χ1v) is 12.1. The number of aromatic nitrogens is 1. The molecule has 1 aliphatic heterocycles. The molecule has 1 aliphatic rings. The molecule has 2 bridgehead atoms. The molecule has 0 N–H and O–H groups in total. The first-order chi connectivity index (χ1) is 17.8. The molecule has 0 radical (unpaired) electrons. The minimum absolute atomic E-state index is 0.0660. The minimum Gasteiger partial charge on any atom is -0.469 e. The second-order valence-corrected chi connectivity index (χ2v) is 8.48. The number of ether oxygens (including phenoxy) is 5. The van der Waals surface area contributed by atoms with Crippen LogP contribution in [-0.4, -0.2) is 105 Å². The van der Waals surface area contributed by atoms with E-state index in [1.165, 1.54) is 28.4 Å². The van der Waals surface area contributed by atoms with Gasteiger partial charge in [0.15, 0.2) is 0 Å². The third kappa shape index (κ3) is 9.71. The molecule has 0 aromatic carbocycles. The van der Waals surface area contributed by atoms with Crippen LogP contribution < -0.4 is 0 Å². The molecular weight excluding hydrogens is 486 g/mol. The van der Waals surface area contributed by atoms with Crippen LogP contribution in [0.4, 0.5) is 0 Å². The Labute approximate surface area is 217 Å². The second kappa shape index (κ2) is 15.9. The van der Waals surface area contributed by atoms with Gasteiger partial charge in [0.25, 0.3) is 0 Å². The number of fused-ring (bicyclic) bond motifs is 2. The SMILES string of the molecule is COC(=O)CCC(C(=O)OC)N1CCOCCN([C@@H](CCC(=O)OC)C(=O)OC)Cc2cccc(n2)C1. The molecule has 1 aromatic rings. The third-order valence-electron chi connectivity index (χ3n) is 6.17. The van der Waals surface area contributed by atoms with Crippen molar-refractivity contribution in [1.82, 2.24) is 14.8 Å². The fraction of sp³-hybridized carbons (Fsp3) is 0.640. The zero-order valence-electron chi connectivity index (χ0n) is 22.0. The standard InChI is InChI=1S/C25H37N3O9/c1-33-22(29)10-8-20(24(31)35-3)27-12-14-37-15-13-28(17-19-7-5-6-18(16-27)26-19)21(25(32)36-4)9-11-23(30)34-2/h5-7,20-21H,8-17H2,1-4H3/t20-,21?/m0/s1. The van der Waals surface area contributed by atoms with Crippen LogP contribution in [-0.2, 0) is 56.0 Å². The lowest BCUT2D eigenvalue weighted by atomic mass is 10.1. The Morgan fingerprint density at radius 2 is 1.22 bits per heavy atom. The van der Waals surface area contributed by atoms with Gasteiger partial charge >= 0.3 is 23.9 Å². The fourth-order valence-corrected chi connectivity index (χ4v) is 4.16. The highest BCUT2D eigenvalue weighted by atomic mass is 16.5. The molecule has 1 unspecified atom stereocenters. The van der Waals surface area contributed by atoms with E-state index in [-0.39, 0.29) is 25.7 Å². The molecule has 0 fully saturated rings. The van der Waals surface area contributed by atoms with E-state index in [0.717, 1.165) is 0 Å². The van der Waals surface area contributed by atoms with Crippen molar-refractivity contribution in [2.75, 3.05) is 54.7 Å². The lowest BCUT2D eigenvalue weighted by Gasteiger charge is -2.32. The summed E-state index contributed by atoms with van der Waals surface area (Å²) in [5.74, 6) is -1.73. The largest absolute Gasteiger partial charge is 0.469 e. The average molecular weight is 524 g/mol. The Kier molecular flexibility index (Phi) is 12.9. The number of hydrogen-bond acceptors (Lipinski definition) is 12. The Morgan fingerprint density at radius 3 is 1.59 bits per heavy atom. The summed E-state index contributed by atoms with van der Waals surface area (Å²) < 4.78 is 25.3. The Balaban J connectivity index is 2.29. The van der Waals surface area contributed by atoms with Gasteiger partial charge in [-0.05, 0) is 25.0 Å². The van der Waals surface area contributed by atoms with Crippen LogP contribution in [0.2, 0.25) is 0 Å². The molecule has 12 nitrogen and oxygen atoms in total. The van der Waals surface area contributed by atoms with Crippen molar-refractivity contribution in [2.45, 2.75) is 50.9 Å². The van der Waals surface area contributed by atoms with Crippen molar-refractivity contribution < 1.29 is 42.9 Å². The normalized spacial score (nSPS) is 16.9. The Bertz CT molecular complexity index is 844. The highest BCUT2D eigenvalue weighted by Crippen LogP contribution is 2.18. The maximum absolute atomic E-state index is 12.6. The summed E-state index contributed by atoms with van der Waals surface area (Å²) in [7, 11) is 5.23. The van der Waals surface area contributed by atoms with Crippen molar-refractivity contribution >= 4 is 23.9 Å². The van der Waals surface area contributed by atoms with Crippen LogP contribution in [0.1, 0.15) is 37.1 Å². The molecule has 2 atom stereocenters. The van der Waals surface area contributed by atoms with E-state index < -0.39 is 36.0 Å². The van der Waals surface area contributed by atoms with Crippen molar-refractivity contribution in [3.05, 3.63) is 29.6 Å². The van der Waals surface area contributed by atoms with E-state index in [2.05, 4.69) is 0 Å². The van der Waals surface area contributed by atoms with Gasteiger partial charge in [0, 0.05) is 39.0 Å². The van der Waals surface area contributed by atoms with Crippen LogP contribution in [0.5, 0.6) is 0 Å². The number of hydrogen-bond donors (Lipinski definition) is 0. The number of carbonyl (C=O) groups is 4. The topological polar surface area (TPSA) is 134 Å². The molecule has 0 saturated carbocycles. The van der Waals surface area contributed by atoms with Crippen LogP contribution in [0.25, 0.3) is 0 Å². The van der Waals surface area contributed by atoms with Gasteiger partial charge in [-0.2, -0.15) is 0 Å². The number of nitrogens with zero attached hydrogens (tertiary/aromatic N) is 3. The monoisotopic (exact) mass is 523 g/mol. The Morgan fingerprint density at radius 1 is 0.784 bits per heavy atom. The highest BCUT2D eigenvalue weighted by molar-refractivity contribution is 5.78. The van der Waals surface area contributed by atoms with E-state index in [4.69, 9.17) is 28.7 Å². The highest BCUT2D eigenvalue weighted by Gasteiger charge is 2.30. The molecule has 12 heteroatoms. The lowest BCUT2D eigenvalue weighted by molar-refractivity contribution is -0.150. The number of pyridine rings is 1. The number of methoxy groups -OCH3 is 4. The molecule has 2 heterocycles. The average Bonchev–Trinajstić information content (AvgIpc) is 2.91. The van der Waals surface area contributed by atoms with Crippen molar-refractivity contribution in [1.29, 1.82) is 0 Å². The summed E-state index contributed by atoms with van der Waals surface area (Å²) in [6, 6.07) is 4.19. The Hall–Kier alpha value is -3.09. The van der Waals surface area contributed by atoms with E-state index in [1.807, 2.05) is 28.0 Å². The predicted molar refractivity (Wildman–Crippen MR) is 130 cm³/mol. The first-order valence-electron chi connectivity index (χ1n) is 12.1. The molecule has 37 heavy (non-hydrogen) atoms. The summed E-state index contributed by atoms with van der Waals surface area (Å²) in [6.45, 7) is 2.00. The van der Waals surface area contributed by atoms with Crippen LogP contribution >= 0.6 is 0 Å². The first kappa shape index (κ1) is 30.1. The molecule has 1 aromatic heterocycles. The van der Waals surface area contributed by atoms with Gasteiger partial charge in [-0.15, -0.1) is 0 Å². The minimum atomic E-state index is -0.681. The zero-order chi connectivity index (χ0) is 27.2.